The predicted octanol–water partition coefficient (Wildman–Crippen LogP) is 1.80. The van der Waals surface area contributed by atoms with Gasteiger partial charge >= 0.3 is 0 Å². The van der Waals surface area contributed by atoms with Gasteiger partial charge in [0.05, 0.1) is 18.8 Å². The highest BCUT2D eigenvalue weighted by Gasteiger charge is 2.38. The summed E-state index contributed by atoms with van der Waals surface area (Å²) < 4.78 is 0. The molecule has 270 valence electrons. The molecule has 0 saturated heterocycles. The molecule has 16 heteroatoms. The van der Waals surface area contributed by atoms with Crippen molar-refractivity contribution in [1.29, 1.82) is 0 Å². The Morgan fingerprint density at radius 3 is 2.29 bits per heavy atom. The molecule has 49 heavy (non-hydrogen) atoms. The number of nitrogens with two attached hydrogens (primary N) is 1. The van der Waals surface area contributed by atoms with Crippen molar-refractivity contribution in [2.45, 2.75) is 130 Å². The molecule has 0 aromatic carbocycles. The minimum absolute atomic E-state index is 0.0353. The van der Waals surface area contributed by atoms with E-state index in [1.807, 2.05) is 34.6 Å². The van der Waals surface area contributed by atoms with E-state index in [0.29, 0.717) is 32.1 Å². The van der Waals surface area contributed by atoms with Gasteiger partial charge in [-0.25, -0.2) is 4.98 Å². The standard InChI is InChI=1S/C33H53N11O5/c1-6-11-23(34)32(48)44(19-27-40-42-43-41-27)33(49)25(17-22-12-9-8-10-13-22)38-31(47)28(21(5)7-2)39-29(45)24(16-20(3)4)37-30(46)26-18-35-14-15-36-26/h14-15,18,20-25,28H,6-13,16-17,19,34H2,1-5H3,(H,37,46)(H,38,47)(H,39,45)(H,40,41,42,43)/t21-,23?,24-,25-,28-/m0/s1. The molecule has 2 aromatic heterocycles. The minimum atomic E-state index is -1.08. The molecular formula is C33H53N11O5. The van der Waals surface area contributed by atoms with Crippen molar-refractivity contribution in [2.75, 3.05) is 0 Å². The number of carbonyl (C=O) groups excluding carboxylic acids is 5. The van der Waals surface area contributed by atoms with Gasteiger partial charge in [-0.05, 0) is 37.0 Å². The van der Waals surface area contributed by atoms with Crippen molar-refractivity contribution < 1.29 is 24.0 Å². The number of amides is 5. The number of hydrogen-bond donors (Lipinski definition) is 5. The highest BCUT2D eigenvalue weighted by atomic mass is 16.2. The Morgan fingerprint density at radius 2 is 1.69 bits per heavy atom. The van der Waals surface area contributed by atoms with Gasteiger partial charge in [-0.2, -0.15) is 5.21 Å². The van der Waals surface area contributed by atoms with Crippen molar-refractivity contribution in [1.82, 2.24) is 51.4 Å². The topological polar surface area (TPSA) is 231 Å². The third-order valence-corrected chi connectivity index (χ3v) is 8.96. The fourth-order valence-corrected chi connectivity index (χ4v) is 6.02. The zero-order valence-corrected chi connectivity index (χ0v) is 29.4. The summed E-state index contributed by atoms with van der Waals surface area (Å²) in [6, 6.07) is -4.01. The average Bonchev–Trinajstić information content (AvgIpc) is 3.62. The van der Waals surface area contributed by atoms with Gasteiger partial charge in [0.1, 0.15) is 23.8 Å². The number of nitrogens with zero attached hydrogens (tertiary/aromatic N) is 6. The van der Waals surface area contributed by atoms with E-state index in [-0.39, 0.29) is 35.8 Å². The molecule has 0 aliphatic heterocycles. The van der Waals surface area contributed by atoms with Gasteiger partial charge in [0, 0.05) is 12.4 Å². The maximum atomic E-state index is 14.3. The fourth-order valence-electron chi connectivity index (χ4n) is 6.02. The summed E-state index contributed by atoms with van der Waals surface area (Å²) in [4.78, 5) is 77.6. The maximum Gasteiger partial charge on any atom is 0.272 e. The van der Waals surface area contributed by atoms with E-state index in [9.17, 15) is 24.0 Å². The second-order valence-electron chi connectivity index (χ2n) is 13.4. The van der Waals surface area contributed by atoms with Gasteiger partial charge in [0.15, 0.2) is 5.82 Å². The van der Waals surface area contributed by atoms with E-state index in [1.54, 1.807) is 0 Å². The number of rotatable bonds is 18. The number of tetrazole rings is 1. The number of carbonyl (C=O) groups is 5. The van der Waals surface area contributed by atoms with Gasteiger partial charge in [0.25, 0.3) is 11.8 Å². The van der Waals surface area contributed by atoms with E-state index < -0.39 is 53.7 Å². The van der Waals surface area contributed by atoms with Crippen molar-refractivity contribution in [3.8, 4) is 0 Å². The van der Waals surface area contributed by atoms with Crippen LogP contribution in [0.5, 0.6) is 0 Å². The molecule has 5 amide bonds. The molecule has 16 nitrogen and oxygen atoms in total. The monoisotopic (exact) mass is 683 g/mol. The van der Waals surface area contributed by atoms with E-state index in [2.05, 4.69) is 46.5 Å². The zero-order chi connectivity index (χ0) is 35.9. The molecule has 1 fully saturated rings. The second-order valence-corrected chi connectivity index (χ2v) is 13.4. The van der Waals surface area contributed by atoms with Crippen LogP contribution in [0.2, 0.25) is 0 Å². The largest absolute Gasteiger partial charge is 0.342 e. The first-order valence-electron chi connectivity index (χ1n) is 17.5. The quantitative estimate of drug-likeness (QED) is 0.152. The van der Waals surface area contributed by atoms with E-state index in [0.717, 1.165) is 37.0 Å². The second kappa shape index (κ2) is 19.6. The molecule has 1 saturated carbocycles. The van der Waals surface area contributed by atoms with E-state index in [1.165, 1.54) is 18.6 Å². The molecule has 0 bridgehead atoms. The number of aromatic amines is 1. The van der Waals surface area contributed by atoms with Crippen LogP contribution >= 0.6 is 0 Å². The Kier molecular flexibility index (Phi) is 15.6. The molecule has 0 radical (unpaired) electrons. The lowest BCUT2D eigenvalue weighted by atomic mass is 9.84. The van der Waals surface area contributed by atoms with Gasteiger partial charge in [-0.15, -0.1) is 10.2 Å². The molecule has 2 aromatic rings. The summed E-state index contributed by atoms with van der Waals surface area (Å²) in [6.45, 7) is 9.18. The summed E-state index contributed by atoms with van der Waals surface area (Å²) in [6.07, 6.45) is 11.2. The van der Waals surface area contributed by atoms with E-state index in [4.69, 9.17) is 5.73 Å². The summed E-state index contributed by atoms with van der Waals surface area (Å²) in [5, 5.41) is 22.2. The lowest BCUT2D eigenvalue weighted by molar-refractivity contribution is -0.149. The van der Waals surface area contributed by atoms with Crippen molar-refractivity contribution in [3.05, 3.63) is 30.1 Å². The normalized spacial score (nSPS) is 16.6. The van der Waals surface area contributed by atoms with Crippen molar-refractivity contribution in [2.24, 2.45) is 23.5 Å². The lowest BCUT2D eigenvalue weighted by Crippen LogP contribution is -2.60. The average molecular weight is 684 g/mol. The highest BCUT2D eigenvalue weighted by Crippen LogP contribution is 2.28. The first-order chi connectivity index (χ1) is 23.4. The minimum Gasteiger partial charge on any atom is -0.342 e. The zero-order valence-electron chi connectivity index (χ0n) is 29.4. The Labute approximate surface area is 287 Å². The summed E-state index contributed by atoms with van der Waals surface area (Å²) >= 11 is 0. The van der Waals surface area contributed by atoms with E-state index >= 15 is 0 Å². The maximum absolute atomic E-state index is 14.3. The van der Waals surface area contributed by atoms with Crippen molar-refractivity contribution >= 4 is 29.5 Å². The molecule has 0 spiro atoms. The van der Waals surface area contributed by atoms with Gasteiger partial charge in [-0.3, -0.25) is 33.9 Å². The van der Waals surface area contributed by atoms with Gasteiger partial charge in [0.2, 0.25) is 17.7 Å². The van der Waals surface area contributed by atoms with Crippen molar-refractivity contribution in [3.63, 3.8) is 0 Å². The molecular weight excluding hydrogens is 630 g/mol. The smallest absolute Gasteiger partial charge is 0.272 e. The van der Waals surface area contributed by atoms with Crippen LogP contribution in [-0.4, -0.2) is 89.2 Å². The summed E-state index contributed by atoms with van der Waals surface area (Å²) in [5.41, 5.74) is 6.25. The predicted molar refractivity (Wildman–Crippen MR) is 180 cm³/mol. The van der Waals surface area contributed by atoms with Crippen LogP contribution in [0.1, 0.15) is 115 Å². The molecule has 1 aliphatic carbocycles. The third-order valence-electron chi connectivity index (χ3n) is 8.96. The van der Waals surface area contributed by atoms with Crippen LogP contribution in [0.3, 0.4) is 0 Å². The molecule has 6 N–H and O–H groups in total. The number of H-pyrrole nitrogens is 1. The summed E-state index contributed by atoms with van der Waals surface area (Å²) in [5.74, 6) is -2.91. The molecule has 2 heterocycles. The van der Waals surface area contributed by atoms with Crippen LogP contribution in [0.15, 0.2) is 18.6 Å². The Balaban J connectivity index is 1.88. The van der Waals surface area contributed by atoms with Crippen LogP contribution < -0.4 is 21.7 Å². The first-order valence-corrected chi connectivity index (χ1v) is 17.5. The fraction of sp³-hybridized carbons (Fsp3) is 0.697. The molecule has 1 unspecified atom stereocenters. The lowest BCUT2D eigenvalue weighted by Gasteiger charge is -2.33. The highest BCUT2D eigenvalue weighted by molar-refractivity contribution is 6.02. The van der Waals surface area contributed by atoms with Crippen LogP contribution in [0.25, 0.3) is 0 Å². The van der Waals surface area contributed by atoms with Crippen LogP contribution in [0.4, 0.5) is 0 Å². The molecule has 3 rings (SSSR count). The number of nitrogens with one attached hydrogen (secondary N) is 4. The Morgan fingerprint density at radius 1 is 0.959 bits per heavy atom. The number of aromatic nitrogens is 6. The number of imide groups is 1. The summed E-state index contributed by atoms with van der Waals surface area (Å²) in [7, 11) is 0. The Hall–Kier alpha value is -4.34. The van der Waals surface area contributed by atoms with Gasteiger partial charge in [-0.1, -0.05) is 84.8 Å². The number of hydrogen-bond acceptors (Lipinski definition) is 11. The molecule has 1 aliphatic rings. The SMILES string of the molecule is CCCC(N)C(=O)N(Cc1nn[nH]n1)C(=O)[C@H](CC1CCCCC1)NC(=O)[C@@H](NC(=O)[C@H](CC(C)C)NC(=O)c1cnccn1)[C@@H](C)CC. The van der Waals surface area contributed by atoms with Crippen LogP contribution in [0, 0.1) is 17.8 Å². The van der Waals surface area contributed by atoms with Gasteiger partial charge < -0.3 is 21.7 Å². The van der Waals surface area contributed by atoms with Crippen LogP contribution in [-0.2, 0) is 25.7 Å². The Bertz CT molecular complexity index is 1350. The first kappa shape index (κ1) is 39.1. The molecule has 5 atom stereocenters. The third kappa shape index (κ3) is 11.9.